The summed E-state index contributed by atoms with van der Waals surface area (Å²) >= 11 is 1.09. The number of carbonyl (C=O) groups excluding carboxylic acids is 2. The molecule has 0 spiro atoms. The van der Waals surface area contributed by atoms with Crippen molar-refractivity contribution in [3.8, 4) is 5.75 Å². The Morgan fingerprint density at radius 1 is 1.47 bits per heavy atom. The second-order valence-corrected chi connectivity index (χ2v) is 5.09. The molecule has 1 aromatic rings. The minimum Gasteiger partial charge on any atom is -0.482 e. The Labute approximate surface area is 113 Å². The van der Waals surface area contributed by atoms with Gasteiger partial charge < -0.3 is 15.6 Å². The first-order chi connectivity index (χ1) is 8.81. The van der Waals surface area contributed by atoms with Gasteiger partial charge in [0.25, 0.3) is 5.91 Å². The summed E-state index contributed by atoms with van der Waals surface area (Å²) in [5.41, 5.74) is 4.77. The van der Waals surface area contributed by atoms with Crippen LogP contribution in [0.15, 0.2) is 6.07 Å². The van der Waals surface area contributed by atoms with E-state index in [1.807, 2.05) is 19.2 Å². The Kier molecular flexibility index (Phi) is 4.87. The maximum atomic E-state index is 11.2. The van der Waals surface area contributed by atoms with Crippen LogP contribution in [0.25, 0.3) is 0 Å². The maximum Gasteiger partial charge on any atom is 0.349 e. The summed E-state index contributed by atoms with van der Waals surface area (Å²) in [7, 11) is 0. The zero-order valence-corrected chi connectivity index (χ0v) is 11.2. The number of imide groups is 1. The van der Waals surface area contributed by atoms with Crippen LogP contribution in [0.1, 0.15) is 34.3 Å². The molecule has 19 heavy (non-hydrogen) atoms. The number of ether oxygens (including phenoxy) is 1. The highest BCUT2D eigenvalue weighted by atomic mass is 32.1. The molecule has 0 unspecified atom stereocenters. The van der Waals surface area contributed by atoms with Crippen LogP contribution in [0.4, 0.5) is 4.79 Å². The van der Waals surface area contributed by atoms with Gasteiger partial charge in [0.15, 0.2) is 11.5 Å². The highest BCUT2D eigenvalue weighted by molar-refractivity contribution is 7.14. The van der Waals surface area contributed by atoms with E-state index in [0.29, 0.717) is 0 Å². The van der Waals surface area contributed by atoms with Crippen molar-refractivity contribution < 1.29 is 24.2 Å². The predicted octanol–water partition coefficient (Wildman–Crippen LogP) is 1.14. The summed E-state index contributed by atoms with van der Waals surface area (Å²) in [6, 6.07) is 0.594. The van der Waals surface area contributed by atoms with Crippen LogP contribution in [0, 0.1) is 0 Å². The molecule has 104 valence electrons. The van der Waals surface area contributed by atoms with Gasteiger partial charge in [-0.05, 0) is 12.0 Å². The van der Waals surface area contributed by atoms with Gasteiger partial charge in [-0.2, -0.15) is 0 Å². The monoisotopic (exact) mass is 286 g/mol. The number of primary amides is 1. The van der Waals surface area contributed by atoms with E-state index < -0.39 is 24.5 Å². The fourth-order valence-corrected chi connectivity index (χ4v) is 2.19. The number of hydrogen-bond acceptors (Lipinski definition) is 5. The summed E-state index contributed by atoms with van der Waals surface area (Å²) < 4.78 is 5.10. The molecule has 0 aliphatic rings. The van der Waals surface area contributed by atoms with Crippen LogP contribution in [0.5, 0.6) is 5.75 Å². The van der Waals surface area contributed by atoms with Crippen LogP contribution in [-0.4, -0.2) is 29.6 Å². The van der Waals surface area contributed by atoms with E-state index in [1.54, 1.807) is 6.07 Å². The van der Waals surface area contributed by atoms with Gasteiger partial charge in [-0.15, -0.1) is 11.3 Å². The van der Waals surface area contributed by atoms with E-state index in [-0.39, 0.29) is 16.5 Å². The van der Waals surface area contributed by atoms with Crippen molar-refractivity contribution >= 4 is 29.2 Å². The highest BCUT2D eigenvalue weighted by Crippen LogP contribution is 2.33. The molecule has 0 radical (unpaired) electrons. The van der Waals surface area contributed by atoms with E-state index in [4.69, 9.17) is 15.6 Å². The molecule has 0 aliphatic heterocycles. The number of carboxylic acid groups (broad SMARTS) is 1. The first kappa shape index (κ1) is 15.0. The van der Waals surface area contributed by atoms with Crippen LogP contribution in [0.2, 0.25) is 0 Å². The van der Waals surface area contributed by atoms with Gasteiger partial charge in [-0.3, -0.25) is 10.1 Å². The molecule has 1 heterocycles. The molecule has 7 nitrogen and oxygen atoms in total. The normalized spacial score (nSPS) is 10.3. The number of amides is 3. The topological polar surface area (TPSA) is 119 Å². The van der Waals surface area contributed by atoms with E-state index in [1.165, 1.54) is 0 Å². The average Bonchev–Trinajstić information content (AvgIpc) is 2.69. The summed E-state index contributed by atoms with van der Waals surface area (Å²) in [4.78, 5) is 33.5. The fourth-order valence-electron chi connectivity index (χ4n) is 1.25. The standard InChI is InChI=1S/C11H14N2O5S/c1-5(2)7-3-6(9(19-7)10(15)16)18-4-8(14)13-11(12)17/h3,5H,4H2,1-2H3,(H,15,16)(H3,12,13,14,17). The van der Waals surface area contributed by atoms with Crippen molar-refractivity contribution in [2.75, 3.05) is 6.61 Å². The van der Waals surface area contributed by atoms with Crippen LogP contribution < -0.4 is 15.8 Å². The molecule has 4 N–H and O–H groups in total. The molecule has 0 atom stereocenters. The van der Waals surface area contributed by atoms with Crippen molar-refractivity contribution in [2.24, 2.45) is 5.73 Å². The number of nitrogens with two attached hydrogens (primary N) is 1. The van der Waals surface area contributed by atoms with E-state index >= 15 is 0 Å². The van der Waals surface area contributed by atoms with Gasteiger partial charge in [-0.1, -0.05) is 13.8 Å². The third-order valence-corrected chi connectivity index (χ3v) is 3.51. The average molecular weight is 286 g/mol. The summed E-state index contributed by atoms with van der Waals surface area (Å²) in [5, 5.41) is 10.8. The third-order valence-electron chi connectivity index (χ3n) is 2.10. The second-order valence-electron chi connectivity index (χ2n) is 4.00. The van der Waals surface area contributed by atoms with Gasteiger partial charge in [0.05, 0.1) is 0 Å². The summed E-state index contributed by atoms with van der Waals surface area (Å²) in [6.45, 7) is 3.36. The Morgan fingerprint density at radius 2 is 2.11 bits per heavy atom. The first-order valence-electron chi connectivity index (χ1n) is 5.40. The van der Waals surface area contributed by atoms with Gasteiger partial charge in [0.1, 0.15) is 5.75 Å². The summed E-state index contributed by atoms with van der Waals surface area (Å²) in [5.74, 6) is -1.59. The van der Waals surface area contributed by atoms with Gasteiger partial charge in [0, 0.05) is 4.88 Å². The van der Waals surface area contributed by atoms with Crippen molar-refractivity contribution in [2.45, 2.75) is 19.8 Å². The van der Waals surface area contributed by atoms with Crippen molar-refractivity contribution in [1.29, 1.82) is 0 Å². The molecular weight excluding hydrogens is 272 g/mol. The quantitative estimate of drug-likeness (QED) is 0.750. The Hall–Kier alpha value is -2.09. The van der Waals surface area contributed by atoms with Crippen LogP contribution in [-0.2, 0) is 4.79 Å². The van der Waals surface area contributed by atoms with E-state index in [9.17, 15) is 14.4 Å². The number of rotatable bonds is 5. The molecule has 0 aliphatic carbocycles. The molecule has 8 heteroatoms. The third kappa shape index (κ3) is 4.25. The lowest BCUT2D eigenvalue weighted by Gasteiger charge is -2.04. The smallest absolute Gasteiger partial charge is 0.349 e. The van der Waals surface area contributed by atoms with Crippen molar-refractivity contribution in [1.82, 2.24) is 5.32 Å². The Morgan fingerprint density at radius 3 is 2.58 bits per heavy atom. The maximum absolute atomic E-state index is 11.2. The summed E-state index contributed by atoms with van der Waals surface area (Å²) in [6.07, 6.45) is 0. The molecule has 0 saturated carbocycles. The fraction of sp³-hybridized carbons (Fsp3) is 0.364. The van der Waals surface area contributed by atoms with Crippen LogP contribution in [0.3, 0.4) is 0 Å². The lowest BCUT2D eigenvalue weighted by atomic mass is 10.2. The molecule has 1 aromatic heterocycles. The molecular formula is C11H14N2O5S. The number of urea groups is 1. The molecule has 0 aromatic carbocycles. The number of nitrogens with one attached hydrogen (secondary N) is 1. The lowest BCUT2D eigenvalue weighted by molar-refractivity contribution is -0.121. The largest absolute Gasteiger partial charge is 0.482 e. The SMILES string of the molecule is CC(C)c1cc(OCC(=O)NC(N)=O)c(C(=O)O)s1. The number of carboxylic acids is 1. The number of carbonyl (C=O) groups is 3. The minimum atomic E-state index is -1.12. The molecule has 0 fully saturated rings. The number of thiophene rings is 1. The highest BCUT2D eigenvalue weighted by Gasteiger charge is 2.19. The van der Waals surface area contributed by atoms with Crippen LogP contribution >= 0.6 is 11.3 Å². The molecule has 1 rings (SSSR count). The van der Waals surface area contributed by atoms with Crippen molar-refractivity contribution in [3.63, 3.8) is 0 Å². The number of hydrogen-bond donors (Lipinski definition) is 3. The van der Waals surface area contributed by atoms with Gasteiger partial charge in [-0.25, -0.2) is 9.59 Å². The van der Waals surface area contributed by atoms with E-state index in [2.05, 4.69) is 0 Å². The predicted molar refractivity (Wildman–Crippen MR) is 68.6 cm³/mol. The van der Waals surface area contributed by atoms with Crippen molar-refractivity contribution in [3.05, 3.63) is 15.8 Å². The second kappa shape index (κ2) is 6.19. The molecule has 0 bridgehead atoms. The van der Waals surface area contributed by atoms with Gasteiger partial charge in [0.2, 0.25) is 0 Å². The lowest BCUT2D eigenvalue weighted by Crippen LogP contribution is -2.38. The molecule has 3 amide bonds. The zero-order chi connectivity index (χ0) is 14.6. The Balaban J connectivity index is 2.79. The molecule has 0 saturated heterocycles. The minimum absolute atomic E-state index is 0.0237. The number of aromatic carboxylic acids is 1. The first-order valence-corrected chi connectivity index (χ1v) is 6.22. The zero-order valence-electron chi connectivity index (χ0n) is 10.4. The Bertz CT molecular complexity index is 509. The van der Waals surface area contributed by atoms with E-state index in [0.717, 1.165) is 16.2 Å². The van der Waals surface area contributed by atoms with Gasteiger partial charge >= 0.3 is 12.0 Å².